The van der Waals surface area contributed by atoms with Crippen LogP contribution in [-0.4, -0.2) is 49.6 Å². The molecule has 0 fully saturated rings. The molecule has 2 N–H and O–H groups in total. The monoisotopic (exact) mass is 311 g/mol. The maximum atomic E-state index is 6.41. The highest BCUT2D eigenvalue weighted by molar-refractivity contribution is 6.31. The van der Waals surface area contributed by atoms with E-state index in [1.165, 1.54) is 0 Å². The van der Waals surface area contributed by atoms with Crippen molar-refractivity contribution < 1.29 is 0 Å². The number of likely N-dealkylation sites (N-methyl/N-ethyl adjacent to an activating group) is 1. The summed E-state index contributed by atoms with van der Waals surface area (Å²) in [5.41, 5.74) is 7.44. The third kappa shape index (κ3) is 5.95. The van der Waals surface area contributed by atoms with Crippen molar-refractivity contribution in [3.63, 3.8) is 0 Å². The molecule has 0 aliphatic carbocycles. The molecule has 0 aliphatic rings. The zero-order chi connectivity index (χ0) is 16.0. The fourth-order valence-corrected chi connectivity index (χ4v) is 2.92. The van der Waals surface area contributed by atoms with Crippen LogP contribution in [0.4, 0.5) is 0 Å². The summed E-state index contributed by atoms with van der Waals surface area (Å²) < 4.78 is 0. The Morgan fingerprint density at radius 2 is 1.71 bits per heavy atom. The van der Waals surface area contributed by atoms with Gasteiger partial charge in [0.25, 0.3) is 0 Å². The first kappa shape index (κ1) is 18.4. The number of hydrogen-bond donors (Lipinski definition) is 1. The SMILES string of the molecule is CC(C)CN(CCN(C)C)C(c1ccccc1Cl)C(C)N. The Bertz CT molecular complexity index is 418. The van der Waals surface area contributed by atoms with Crippen molar-refractivity contribution in [3.8, 4) is 0 Å². The fraction of sp³-hybridized carbons (Fsp3) is 0.647. The van der Waals surface area contributed by atoms with Gasteiger partial charge < -0.3 is 10.6 Å². The number of rotatable bonds is 8. The first-order chi connectivity index (χ1) is 9.82. The highest BCUT2D eigenvalue weighted by Crippen LogP contribution is 2.30. The Balaban J connectivity index is 3.04. The molecule has 4 heteroatoms. The average Bonchev–Trinajstić information content (AvgIpc) is 2.37. The largest absolute Gasteiger partial charge is 0.326 e. The normalized spacial score (nSPS) is 15.0. The lowest BCUT2D eigenvalue weighted by atomic mass is 9.97. The van der Waals surface area contributed by atoms with Crippen LogP contribution in [0.2, 0.25) is 5.02 Å². The molecule has 2 unspecified atom stereocenters. The van der Waals surface area contributed by atoms with Gasteiger partial charge in [0.1, 0.15) is 0 Å². The minimum atomic E-state index is 0.0332. The second kappa shape index (κ2) is 8.74. The summed E-state index contributed by atoms with van der Waals surface area (Å²) in [7, 11) is 4.20. The predicted octanol–water partition coefficient (Wildman–Crippen LogP) is 3.25. The van der Waals surface area contributed by atoms with Crippen LogP contribution in [0, 0.1) is 5.92 Å². The maximum Gasteiger partial charge on any atom is 0.0511 e. The van der Waals surface area contributed by atoms with Crippen LogP contribution in [0.5, 0.6) is 0 Å². The molecule has 1 rings (SSSR count). The molecular formula is C17H30ClN3. The van der Waals surface area contributed by atoms with Gasteiger partial charge in [0.05, 0.1) is 6.04 Å². The van der Waals surface area contributed by atoms with E-state index in [0.717, 1.165) is 30.2 Å². The van der Waals surface area contributed by atoms with Gasteiger partial charge in [0.2, 0.25) is 0 Å². The zero-order valence-electron chi connectivity index (χ0n) is 14.0. The van der Waals surface area contributed by atoms with Crippen molar-refractivity contribution in [1.29, 1.82) is 0 Å². The lowest BCUT2D eigenvalue weighted by molar-refractivity contribution is 0.144. The van der Waals surface area contributed by atoms with Gasteiger partial charge in [0.15, 0.2) is 0 Å². The van der Waals surface area contributed by atoms with Crippen LogP contribution < -0.4 is 5.73 Å². The van der Waals surface area contributed by atoms with Gasteiger partial charge in [-0.1, -0.05) is 43.6 Å². The number of halogens is 1. The third-order valence-electron chi connectivity index (χ3n) is 3.55. The van der Waals surface area contributed by atoms with E-state index in [4.69, 9.17) is 17.3 Å². The Morgan fingerprint density at radius 1 is 1.10 bits per heavy atom. The lowest BCUT2D eigenvalue weighted by Crippen LogP contribution is -2.44. The molecule has 0 amide bonds. The van der Waals surface area contributed by atoms with E-state index in [0.29, 0.717) is 5.92 Å². The van der Waals surface area contributed by atoms with Crippen LogP contribution in [0.3, 0.4) is 0 Å². The number of benzene rings is 1. The Labute approximate surface area is 135 Å². The Hall–Kier alpha value is -0.610. The minimum absolute atomic E-state index is 0.0332. The number of hydrogen-bond acceptors (Lipinski definition) is 3. The minimum Gasteiger partial charge on any atom is -0.326 e. The average molecular weight is 312 g/mol. The highest BCUT2D eigenvalue weighted by Gasteiger charge is 2.26. The molecule has 1 aromatic carbocycles. The molecule has 120 valence electrons. The quantitative estimate of drug-likeness (QED) is 0.800. The molecular weight excluding hydrogens is 282 g/mol. The van der Waals surface area contributed by atoms with Gasteiger partial charge in [-0.3, -0.25) is 4.90 Å². The van der Waals surface area contributed by atoms with Crippen molar-refractivity contribution in [2.24, 2.45) is 11.7 Å². The lowest BCUT2D eigenvalue weighted by Gasteiger charge is -2.37. The van der Waals surface area contributed by atoms with E-state index in [2.05, 4.69) is 50.7 Å². The molecule has 1 aromatic rings. The molecule has 21 heavy (non-hydrogen) atoms. The highest BCUT2D eigenvalue weighted by atomic mass is 35.5. The third-order valence-corrected chi connectivity index (χ3v) is 3.89. The summed E-state index contributed by atoms with van der Waals surface area (Å²) in [5.74, 6) is 0.593. The topological polar surface area (TPSA) is 32.5 Å². The van der Waals surface area contributed by atoms with E-state index >= 15 is 0 Å². The molecule has 0 saturated carbocycles. The number of nitrogens with zero attached hydrogens (tertiary/aromatic N) is 2. The summed E-state index contributed by atoms with van der Waals surface area (Å²) in [4.78, 5) is 4.68. The smallest absolute Gasteiger partial charge is 0.0511 e. The van der Waals surface area contributed by atoms with Crippen molar-refractivity contribution >= 4 is 11.6 Å². The molecule has 0 aliphatic heterocycles. The maximum absolute atomic E-state index is 6.41. The van der Waals surface area contributed by atoms with Gasteiger partial charge in [-0.15, -0.1) is 0 Å². The molecule has 3 nitrogen and oxygen atoms in total. The van der Waals surface area contributed by atoms with E-state index < -0.39 is 0 Å². The van der Waals surface area contributed by atoms with Crippen LogP contribution in [0.1, 0.15) is 32.4 Å². The second-order valence-corrected chi connectivity index (χ2v) is 6.92. The standard InChI is InChI=1S/C17H30ClN3/c1-13(2)12-21(11-10-20(4)5)17(14(3)19)15-8-6-7-9-16(15)18/h6-9,13-14,17H,10-12,19H2,1-5H3. The summed E-state index contributed by atoms with van der Waals surface area (Å²) in [6.07, 6.45) is 0. The van der Waals surface area contributed by atoms with Crippen LogP contribution in [0.25, 0.3) is 0 Å². The summed E-state index contributed by atoms with van der Waals surface area (Å²) >= 11 is 6.41. The van der Waals surface area contributed by atoms with Gasteiger partial charge in [-0.25, -0.2) is 0 Å². The molecule has 0 bridgehead atoms. The molecule has 0 saturated heterocycles. The molecule has 0 aromatic heterocycles. The van der Waals surface area contributed by atoms with Crippen LogP contribution in [0.15, 0.2) is 24.3 Å². The van der Waals surface area contributed by atoms with Gasteiger partial charge in [-0.2, -0.15) is 0 Å². The zero-order valence-corrected chi connectivity index (χ0v) is 14.8. The van der Waals surface area contributed by atoms with Crippen molar-refractivity contribution in [2.45, 2.75) is 32.9 Å². The van der Waals surface area contributed by atoms with E-state index in [9.17, 15) is 0 Å². The van der Waals surface area contributed by atoms with E-state index in [1.807, 2.05) is 18.2 Å². The van der Waals surface area contributed by atoms with Gasteiger partial charge >= 0.3 is 0 Å². The van der Waals surface area contributed by atoms with Gasteiger partial charge in [-0.05, 0) is 38.6 Å². The van der Waals surface area contributed by atoms with Crippen molar-refractivity contribution in [1.82, 2.24) is 9.80 Å². The van der Waals surface area contributed by atoms with E-state index in [1.54, 1.807) is 0 Å². The van der Waals surface area contributed by atoms with Gasteiger partial charge in [0, 0.05) is 30.7 Å². The van der Waals surface area contributed by atoms with Crippen molar-refractivity contribution in [3.05, 3.63) is 34.9 Å². The summed E-state index contributed by atoms with van der Waals surface area (Å²) in [5, 5.41) is 0.804. The van der Waals surface area contributed by atoms with Crippen LogP contribution >= 0.6 is 11.6 Å². The Kier molecular flexibility index (Phi) is 7.67. The predicted molar refractivity (Wildman–Crippen MR) is 92.8 cm³/mol. The Morgan fingerprint density at radius 3 is 2.19 bits per heavy atom. The van der Waals surface area contributed by atoms with Crippen molar-refractivity contribution in [2.75, 3.05) is 33.7 Å². The molecule has 0 spiro atoms. The second-order valence-electron chi connectivity index (χ2n) is 6.52. The fourth-order valence-electron chi connectivity index (χ4n) is 2.67. The molecule has 2 atom stereocenters. The van der Waals surface area contributed by atoms with Crippen LogP contribution in [-0.2, 0) is 0 Å². The molecule has 0 heterocycles. The summed E-state index contributed by atoms with van der Waals surface area (Å²) in [6, 6.07) is 8.24. The first-order valence-electron chi connectivity index (χ1n) is 7.71. The number of nitrogens with two attached hydrogens (primary N) is 1. The first-order valence-corrected chi connectivity index (χ1v) is 8.09. The molecule has 0 radical (unpaired) electrons. The van der Waals surface area contributed by atoms with E-state index in [-0.39, 0.29) is 12.1 Å². The summed E-state index contributed by atoms with van der Waals surface area (Å²) in [6.45, 7) is 9.58.